The zero-order valence-electron chi connectivity index (χ0n) is 14.1. The van der Waals surface area contributed by atoms with Gasteiger partial charge < -0.3 is 5.11 Å². The molecule has 27 heavy (non-hydrogen) atoms. The van der Waals surface area contributed by atoms with Gasteiger partial charge in [-0.05, 0) is 53.1 Å². The molecule has 0 unspecified atom stereocenters. The Kier molecular flexibility index (Phi) is 4.38. The molecule has 1 aromatic heterocycles. The van der Waals surface area contributed by atoms with Crippen molar-refractivity contribution in [1.82, 2.24) is 9.78 Å². The van der Waals surface area contributed by atoms with Gasteiger partial charge in [-0.15, -0.1) is 0 Å². The summed E-state index contributed by atoms with van der Waals surface area (Å²) >= 11 is 5.92. The van der Waals surface area contributed by atoms with Gasteiger partial charge in [-0.3, -0.25) is 4.68 Å². The van der Waals surface area contributed by atoms with Gasteiger partial charge in [-0.25, -0.2) is 9.18 Å². The number of nitrogens with zero attached hydrogens (tertiary/aromatic N) is 2. The maximum Gasteiger partial charge on any atom is 0.335 e. The molecule has 0 amide bonds. The smallest absolute Gasteiger partial charge is 0.335 e. The minimum absolute atomic E-state index is 0.228. The maximum atomic E-state index is 13.6. The van der Waals surface area contributed by atoms with Crippen LogP contribution in [-0.2, 0) is 6.54 Å². The highest BCUT2D eigenvalue weighted by atomic mass is 35.5. The Morgan fingerprint density at radius 1 is 1.11 bits per heavy atom. The zero-order chi connectivity index (χ0) is 19.0. The van der Waals surface area contributed by atoms with Gasteiger partial charge in [0.1, 0.15) is 5.82 Å². The second-order valence-corrected chi connectivity index (χ2v) is 6.67. The van der Waals surface area contributed by atoms with Crippen LogP contribution in [0.15, 0.2) is 66.9 Å². The van der Waals surface area contributed by atoms with Crippen LogP contribution in [0.4, 0.5) is 4.39 Å². The van der Waals surface area contributed by atoms with Gasteiger partial charge in [-0.2, -0.15) is 5.10 Å². The van der Waals surface area contributed by atoms with Crippen molar-refractivity contribution in [2.45, 2.75) is 6.54 Å². The van der Waals surface area contributed by atoms with E-state index in [4.69, 9.17) is 11.6 Å². The van der Waals surface area contributed by atoms with Crippen LogP contribution >= 0.6 is 11.6 Å². The van der Waals surface area contributed by atoms with E-state index >= 15 is 0 Å². The molecule has 0 bridgehead atoms. The molecule has 1 heterocycles. The van der Waals surface area contributed by atoms with Gasteiger partial charge in [-0.1, -0.05) is 35.9 Å². The predicted molar refractivity (Wildman–Crippen MR) is 103 cm³/mol. The number of carboxylic acid groups (broad SMARTS) is 1. The monoisotopic (exact) mass is 380 g/mol. The highest BCUT2D eigenvalue weighted by molar-refractivity contribution is 6.30. The third-order valence-electron chi connectivity index (χ3n) is 4.28. The minimum Gasteiger partial charge on any atom is -0.478 e. The van der Waals surface area contributed by atoms with Gasteiger partial charge in [0.25, 0.3) is 0 Å². The molecular formula is C21H14ClFN2O2. The van der Waals surface area contributed by atoms with Crippen molar-refractivity contribution in [3.63, 3.8) is 0 Å². The number of hydrogen-bond donors (Lipinski definition) is 1. The first-order chi connectivity index (χ1) is 13.0. The lowest BCUT2D eigenvalue weighted by molar-refractivity contribution is 0.0697. The van der Waals surface area contributed by atoms with E-state index < -0.39 is 5.97 Å². The number of carboxylic acids is 1. The Hall–Kier alpha value is -3.18. The van der Waals surface area contributed by atoms with Crippen molar-refractivity contribution in [2.24, 2.45) is 0 Å². The van der Waals surface area contributed by atoms with Crippen molar-refractivity contribution >= 4 is 28.5 Å². The molecule has 0 aliphatic carbocycles. The number of halogens is 2. The summed E-state index contributed by atoms with van der Waals surface area (Å²) in [6.07, 6.45) is 1.87. The second-order valence-electron chi connectivity index (χ2n) is 6.23. The Balaban J connectivity index is 1.76. The lowest BCUT2D eigenvalue weighted by atomic mass is 10.00. The maximum absolute atomic E-state index is 13.6. The summed E-state index contributed by atoms with van der Waals surface area (Å²) in [6.45, 7) is 0.376. The largest absolute Gasteiger partial charge is 0.478 e. The molecule has 0 atom stereocenters. The first-order valence-corrected chi connectivity index (χ1v) is 8.62. The first kappa shape index (κ1) is 17.2. The lowest BCUT2D eigenvalue weighted by Gasteiger charge is -2.04. The normalized spacial score (nSPS) is 11.0. The SMILES string of the molecule is O=C(O)c1cccc(-c2cccc3nn(Cc4cc(F)cc(Cl)c4)cc23)c1. The average Bonchev–Trinajstić information content (AvgIpc) is 3.03. The van der Waals surface area contributed by atoms with Crippen LogP contribution in [-0.4, -0.2) is 20.9 Å². The highest BCUT2D eigenvalue weighted by Crippen LogP contribution is 2.29. The molecular weight excluding hydrogens is 367 g/mol. The molecule has 4 nitrogen and oxygen atoms in total. The van der Waals surface area contributed by atoms with Crippen LogP contribution in [0.3, 0.4) is 0 Å². The Morgan fingerprint density at radius 2 is 1.93 bits per heavy atom. The van der Waals surface area contributed by atoms with Crippen molar-refractivity contribution in [2.75, 3.05) is 0 Å². The van der Waals surface area contributed by atoms with Crippen LogP contribution in [0.25, 0.3) is 22.0 Å². The molecule has 4 rings (SSSR count). The number of aromatic carboxylic acids is 1. The van der Waals surface area contributed by atoms with Crippen LogP contribution < -0.4 is 0 Å². The molecule has 3 aromatic carbocycles. The molecule has 1 N–H and O–H groups in total. The van der Waals surface area contributed by atoms with Crippen LogP contribution in [0.2, 0.25) is 5.02 Å². The summed E-state index contributed by atoms with van der Waals surface area (Å²) in [7, 11) is 0. The standard InChI is InChI=1S/C21H14ClFN2O2/c22-16-7-13(8-17(23)10-16)11-25-12-19-18(5-2-6-20(19)24-25)14-3-1-4-15(9-14)21(26)27/h1-10,12H,11H2,(H,26,27). The molecule has 0 spiro atoms. The number of benzene rings is 3. The Morgan fingerprint density at radius 3 is 2.70 bits per heavy atom. The van der Waals surface area contributed by atoms with Crippen LogP contribution in [0, 0.1) is 5.82 Å². The molecule has 134 valence electrons. The summed E-state index contributed by atoms with van der Waals surface area (Å²) in [5, 5.41) is 15.0. The summed E-state index contributed by atoms with van der Waals surface area (Å²) in [6, 6.07) is 16.9. The third kappa shape index (κ3) is 3.55. The fourth-order valence-electron chi connectivity index (χ4n) is 3.13. The minimum atomic E-state index is -0.970. The lowest BCUT2D eigenvalue weighted by Crippen LogP contribution is -2.00. The van der Waals surface area contributed by atoms with Gasteiger partial charge in [0, 0.05) is 16.6 Å². The third-order valence-corrected chi connectivity index (χ3v) is 4.50. The number of carbonyl (C=O) groups is 1. The second kappa shape index (κ2) is 6.85. The van der Waals surface area contributed by atoms with E-state index in [2.05, 4.69) is 5.10 Å². The van der Waals surface area contributed by atoms with E-state index in [9.17, 15) is 14.3 Å². The Labute approximate surface area is 159 Å². The molecule has 0 radical (unpaired) electrons. The van der Waals surface area contributed by atoms with Gasteiger partial charge in [0.2, 0.25) is 0 Å². The topological polar surface area (TPSA) is 55.1 Å². The Bertz CT molecular complexity index is 1150. The number of hydrogen-bond acceptors (Lipinski definition) is 2. The fourth-order valence-corrected chi connectivity index (χ4v) is 3.38. The first-order valence-electron chi connectivity index (χ1n) is 8.24. The van der Waals surface area contributed by atoms with E-state index in [0.717, 1.165) is 22.0 Å². The van der Waals surface area contributed by atoms with E-state index in [1.807, 2.05) is 30.5 Å². The quantitative estimate of drug-likeness (QED) is 0.526. The fraction of sp³-hybridized carbons (Fsp3) is 0.0476. The van der Waals surface area contributed by atoms with Crippen molar-refractivity contribution in [3.8, 4) is 11.1 Å². The van der Waals surface area contributed by atoms with Crippen molar-refractivity contribution < 1.29 is 14.3 Å². The average molecular weight is 381 g/mol. The zero-order valence-corrected chi connectivity index (χ0v) is 14.8. The molecule has 0 fully saturated rings. The highest BCUT2D eigenvalue weighted by Gasteiger charge is 2.11. The van der Waals surface area contributed by atoms with Crippen molar-refractivity contribution in [3.05, 3.63) is 88.8 Å². The van der Waals surface area contributed by atoms with Crippen LogP contribution in [0.5, 0.6) is 0 Å². The van der Waals surface area contributed by atoms with Gasteiger partial charge in [0.05, 0.1) is 17.6 Å². The molecule has 0 aliphatic rings. The molecule has 0 aliphatic heterocycles. The van der Waals surface area contributed by atoms with E-state index in [1.54, 1.807) is 28.9 Å². The number of rotatable bonds is 4. The summed E-state index contributed by atoms with van der Waals surface area (Å²) in [4.78, 5) is 11.3. The summed E-state index contributed by atoms with van der Waals surface area (Å²) < 4.78 is 15.3. The molecule has 4 aromatic rings. The van der Waals surface area contributed by atoms with Gasteiger partial charge >= 0.3 is 5.97 Å². The molecule has 6 heteroatoms. The predicted octanol–water partition coefficient (Wildman–Crippen LogP) is 5.24. The van der Waals surface area contributed by atoms with Gasteiger partial charge in [0.15, 0.2) is 0 Å². The molecule has 0 saturated heterocycles. The van der Waals surface area contributed by atoms with Crippen LogP contribution in [0.1, 0.15) is 15.9 Å². The summed E-state index contributed by atoms with van der Waals surface area (Å²) in [5.74, 6) is -1.36. The number of aromatic nitrogens is 2. The van der Waals surface area contributed by atoms with E-state index in [1.165, 1.54) is 12.1 Å². The van der Waals surface area contributed by atoms with Crippen molar-refractivity contribution in [1.29, 1.82) is 0 Å². The van der Waals surface area contributed by atoms with E-state index in [0.29, 0.717) is 17.1 Å². The number of fused-ring (bicyclic) bond motifs is 1. The van der Waals surface area contributed by atoms with E-state index in [-0.39, 0.29) is 11.4 Å². The molecule has 0 saturated carbocycles. The summed E-state index contributed by atoms with van der Waals surface area (Å²) in [5.41, 5.74) is 3.40.